The number of anilines is 1. The monoisotopic (exact) mass is 342 g/mol. The predicted octanol–water partition coefficient (Wildman–Crippen LogP) is 4.07. The minimum absolute atomic E-state index is 0.560. The molecule has 1 aromatic carbocycles. The van der Waals surface area contributed by atoms with Gasteiger partial charge in [0.2, 0.25) is 0 Å². The molecule has 2 nitrogen and oxygen atoms in total. The normalized spacial score (nSPS) is 27.6. The molecule has 1 saturated carbocycles. The zero-order valence-electron chi connectivity index (χ0n) is 11.2. The van der Waals surface area contributed by atoms with Gasteiger partial charge in [0.1, 0.15) is 0 Å². The number of rotatable bonds is 3. The Morgan fingerprint density at radius 1 is 1.42 bits per heavy atom. The molecule has 0 bridgehead atoms. The maximum Gasteiger partial charge on any atom is 0.0529 e. The van der Waals surface area contributed by atoms with Crippen LogP contribution in [0.3, 0.4) is 0 Å². The second kappa shape index (κ2) is 5.63. The summed E-state index contributed by atoms with van der Waals surface area (Å²) in [6.45, 7) is 4.44. The van der Waals surface area contributed by atoms with Gasteiger partial charge in [-0.3, -0.25) is 0 Å². The van der Waals surface area contributed by atoms with Gasteiger partial charge in [0.25, 0.3) is 0 Å². The molecule has 1 saturated heterocycles. The van der Waals surface area contributed by atoms with Crippen molar-refractivity contribution >= 4 is 33.2 Å². The van der Waals surface area contributed by atoms with Gasteiger partial charge >= 0.3 is 0 Å². The standard InChI is InChI=1S/C15H20BrClN2/c1-2-12-8-18-14(10-3-4-10)9-19(12)15-7-11(17)5-6-13(15)16/h5-7,10,12,14,18H,2-4,8-9H2,1H3. The summed E-state index contributed by atoms with van der Waals surface area (Å²) < 4.78 is 1.15. The third kappa shape index (κ3) is 2.93. The highest BCUT2D eigenvalue weighted by Gasteiger charge is 2.37. The minimum atomic E-state index is 0.560. The van der Waals surface area contributed by atoms with Gasteiger partial charge in [-0.2, -0.15) is 0 Å². The van der Waals surface area contributed by atoms with Crippen LogP contribution in [-0.2, 0) is 0 Å². The molecule has 2 aliphatic rings. The lowest BCUT2D eigenvalue weighted by Gasteiger charge is -2.42. The Kier molecular flexibility index (Phi) is 4.06. The summed E-state index contributed by atoms with van der Waals surface area (Å²) in [5, 5.41) is 4.54. The smallest absolute Gasteiger partial charge is 0.0529 e. The molecule has 1 aromatic rings. The second-order valence-corrected chi connectivity index (χ2v) is 6.95. The Balaban J connectivity index is 1.87. The highest BCUT2D eigenvalue weighted by atomic mass is 79.9. The molecule has 19 heavy (non-hydrogen) atoms. The van der Waals surface area contributed by atoms with Gasteiger partial charge < -0.3 is 10.2 Å². The summed E-state index contributed by atoms with van der Waals surface area (Å²) >= 11 is 9.85. The zero-order chi connectivity index (χ0) is 13.4. The van der Waals surface area contributed by atoms with E-state index in [1.807, 2.05) is 6.07 Å². The molecule has 2 fully saturated rings. The molecule has 104 valence electrons. The number of hydrogen-bond acceptors (Lipinski definition) is 2. The summed E-state index contributed by atoms with van der Waals surface area (Å²) in [5.41, 5.74) is 1.24. The Bertz CT molecular complexity index is 461. The largest absolute Gasteiger partial charge is 0.365 e. The summed E-state index contributed by atoms with van der Waals surface area (Å²) in [6.07, 6.45) is 3.93. The van der Waals surface area contributed by atoms with Crippen LogP contribution in [0, 0.1) is 5.92 Å². The minimum Gasteiger partial charge on any atom is -0.365 e. The highest BCUT2D eigenvalue weighted by molar-refractivity contribution is 9.10. The Morgan fingerprint density at radius 3 is 2.89 bits per heavy atom. The van der Waals surface area contributed by atoms with Gasteiger partial charge in [-0.05, 0) is 59.3 Å². The van der Waals surface area contributed by atoms with E-state index in [-0.39, 0.29) is 0 Å². The maximum atomic E-state index is 6.18. The van der Waals surface area contributed by atoms with Gasteiger partial charge in [0, 0.05) is 34.7 Å². The molecule has 0 amide bonds. The van der Waals surface area contributed by atoms with Crippen LogP contribution in [0.15, 0.2) is 22.7 Å². The summed E-state index contributed by atoms with van der Waals surface area (Å²) in [6, 6.07) is 7.29. The average Bonchev–Trinajstić information content (AvgIpc) is 3.25. The van der Waals surface area contributed by atoms with E-state index >= 15 is 0 Å². The van der Waals surface area contributed by atoms with Crippen LogP contribution in [0.25, 0.3) is 0 Å². The van der Waals surface area contributed by atoms with E-state index in [1.165, 1.54) is 18.5 Å². The predicted molar refractivity (Wildman–Crippen MR) is 85.1 cm³/mol. The van der Waals surface area contributed by atoms with E-state index in [1.54, 1.807) is 0 Å². The van der Waals surface area contributed by atoms with Crippen molar-refractivity contribution < 1.29 is 0 Å². The van der Waals surface area contributed by atoms with Gasteiger partial charge in [-0.15, -0.1) is 0 Å². The first-order valence-corrected chi connectivity index (χ1v) is 8.31. The van der Waals surface area contributed by atoms with Crippen molar-refractivity contribution in [1.29, 1.82) is 0 Å². The van der Waals surface area contributed by atoms with E-state index in [4.69, 9.17) is 11.6 Å². The molecule has 0 radical (unpaired) electrons. The molecule has 3 rings (SSSR count). The van der Waals surface area contributed by atoms with Crippen LogP contribution in [0.5, 0.6) is 0 Å². The van der Waals surface area contributed by atoms with Gasteiger partial charge in [0.15, 0.2) is 0 Å². The summed E-state index contributed by atoms with van der Waals surface area (Å²) in [5.74, 6) is 0.887. The van der Waals surface area contributed by atoms with Crippen LogP contribution < -0.4 is 10.2 Å². The average molecular weight is 344 g/mol. The molecular formula is C15H20BrClN2. The first kappa shape index (κ1) is 13.7. The van der Waals surface area contributed by atoms with Crippen molar-refractivity contribution in [3.63, 3.8) is 0 Å². The Labute approximate surface area is 128 Å². The number of nitrogens with zero attached hydrogens (tertiary/aromatic N) is 1. The molecule has 1 N–H and O–H groups in total. The van der Waals surface area contributed by atoms with Crippen molar-refractivity contribution in [3.8, 4) is 0 Å². The Morgan fingerprint density at radius 2 is 2.21 bits per heavy atom. The fourth-order valence-corrected chi connectivity index (χ4v) is 3.64. The number of halogens is 2. The first-order chi connectivity index (χ1) is 9.19. The van der Waals surface area contributed by atoms with E-state index in [2.05, 4.69) is 45.2 Å². The van der Waals surface area contributed by atoms with Crippen LogP contribution >= 0.6 is 27.5 Å². The molecule has 1 aliphatic carbocycles. The number of hydrogen-bond donors (Lipinski definition) is 1. The Hall–Kier alpha value is -0.250. The number of nitrogens with one attached hydrogen (secondary N) is 1. The van der Waals surface area contributed by atoms with Crippen LogP contribution in [0.2, 0.25) is 5.02 Å². The van der Waals surface area contributed by atoms with E-state index < -0.39 is 0 Å². The van der Waals surface area contributed by atoms with Gasteiger partial charge in [0.05, 0.1) is 5.69 Å². The van der Waals surface area contributed by atoms with Crippen molar-refractivity contribution in [3.05, 3.63) is 27.7 Å². The quantitative estimate of drug-likeness (QED) is 0.890. The van der Waals surface area contributed by atoms with Crippen LogP contribution in [0.4, 0.5) is 5.69 Å². The van der Waals surface area contributed by atoms with Crippen molar-refractivity contribution in [2.45, 2.75) is 38.3 Å². The van der Waals surface area contributed by atoms with Crippen molar-refractivity contribution in [1.82, 2.24) is 5.32 Å². The number of benzene rings is 1. The SMILES string of the molecule is CCC1CNC(C2CC2)CN1c1cc(Cl)ccc1Br. The molecule has 0 spiro atoms. The highest BCUT2D eigenvalue weighted by Crippen LogP contribution is 2.37. The zero-order valence-corrected chi connectivity index (χ0v) is 13.5. The molecule has 1 aliphatic heterocycles. The topological polar surface area (TPSA) is 15.3 Å². The molecule has 2 unspecified atom stereocenters. The van der Waals surface area contributed by atoms with Crippen LogP contribution in [0.1, 0.15) is 26.2 Å². The molecule has 2 atom stereocenters. The maximum absolute atomic E-state index is 6.18. The fraction of sp³-hybridized carbons (Fsp3) is 0.600. The van der Waals surface area contributed by atoms with Crippen molar-refractivity contribution in [2.24, 2.45) is 5.92 Å². The third-order valence-corrected chi connectivity index (χ3v) is 5.24. The molecule has 4 heteroatoms. The van der Waals surface area contributed by atoms with E-state index in [0.29, 0.717) is 12.1 Å². The summed E-state index contributed by atoms with van der Waals surface area (Å²) in [4.78, 5) is 2.54. The molecule has 0 aromatic heterocycles. The summed E-state index contributed by atoms with van der Waals surface area (Å²) in [7, 11) is 0. The van der Waals surface area contributed by atoms with E-state index in [9.17, 15) is 0 Å². The van der Waals surface area contributed by atoms with Crippen molar-refractivity contribution in [2.75, 3.05) is 18.0 Å². The lowest BCUT2D eigenvalue weighted by molar-refractivity contribution is 0.359. The lowest BCUT2D eigenvalue weighted by Crippen LogP contribution is -2.57. The van der Waals surface area contributed by atoms with Gasteiger partial charge in [-0.25, -0.2) is 0 Å². The second-order valence-electron chi connectivity index (χ2n) is 5.66. The lowest BCUT2D eigenvalue weighted by atomic mass is 10.0. The van der Waals surface area contributed by atoms with E-state index in [0.717, 1.165) is 34.9 Å². The fourth-order valence-electron chi connectivity index (χ4n) is 3.00. The first-order valence-electron chi connectivity index (χ1n) is 7.14. The third-order valence-electron chi connectivity index (χ3n) is 4.33. The van der Waals surface area contributed by atoms with Crippen LogP contribution in [-0.4, -0.2) is 25.2 Å². The molecule has 1 heterocycles. The molecular weight excluding hydrogens is 324 g/mol. The number of piperazine rings is 1. The van der Waals surface area contributed by atoms with Gasteiger partial charge in [-0.1, -0.05) is 18.5 Å².